The van der Waals surface area contributed by atoms with Crippen LogP contribution in [-0.2, 0) is 0 Å². The third kappa shape index (κ3) is 1.47. The van der Waals surface area contributed by atoms with Crippen LogP contribution >= 0.6 is 0 Å². The molecule has 0 unspecified atom stereocenters. The molecule has 0 aliphatic heterocycles. The molecule has 0 saturated heterocycles. The first-order valence-electron chi connectivity index (χ1n) is 7.34. The van der Waals surface area contributed by atoms with Crippen LogP contribution < -0.4 is 0 Å². The largest absolute Gasteiger partial charge is 0.396 e. The Balaban J connectivity index is 1.96. The van der Waals surface area contributed by atoms with Gasteiger partial charge in [-0.25, -0.2) is 0 Å². The molecular formula is C15H26O3. The van der Waals surface area contributed by atoms with Gasteiger partial charge in [-0.05, 0) is 55.3 Å². The summed E-state index contributed by atoms with van der Waals surface area (Å²) in [6, 6.07) is 0. The second kappa shape index (κ2) is 3.71. The fourth-order valence-corrected chi connectivity index (χ4v) is 5.46. The van der Waals surface area contributed by atoms with Crippen molar-refractivity contribution in [2.45, 2.75) is 51.7 Å². The van der Waals surface area contributed by atoms with E-state index in [0.717, 1.165) is 19.3 Å². The van der Waals surface area contributed by atoms with Gasteiger partial charge in [-0.1, -0.05) is 13.8 Å². The van der Waals surface area contributed by atoms with Crippen LogP contribution in [0.1, 0.15) is 40.0 Å². The Labute approximate surface area is 109 Å². The Hall–Kier alpha value is -0.120. The second-order valence-electron chi connectivity index (χ2n) is 7.58. The maximum absolute atomic E-state index is 10.7. The topological polar surface area (TPSA) is 60.7 Å². The molecule has 0 aromatic rings. The summed E-state index contributed by atoms with van der Waals surface area (Å²) in [5, 5.41) is 30.6. The molecule has 3 rings (SSSR count). The molecule has 0 spiro atoms. The van der Waals surface area contributed by atoms with Crippen molar-refractivity contribution in [3.63, 3.8) is 0 Å². The smallest absolute Gasteiger partial charge is 0.0675 e. The summed E-state index contributed by atoms with van der Waals surface area (Å²) in [7, 11) is 0. The van der Waals surface area contributed by atoms with Gasteiger partial charge in [-0.15, -0.1) is 0 Å². The summed E-state index contributed by atoms with van der Waals surface area (Å²) in [6.45, 7) is 6.52. The minimum atomic E-state index is -0.737. The van der Waals surface area contributed by atoms with Crippen LogP contribution in [0.15, 0.2) is 0 Å². The van der Waals surface area contributed by atoms with Crippen molar-refractivity contribution in [2.24, 2.45) is 35.0 Å². The summed E-state index contributed by atoms with van der Waals surface area (Å²) < 4.78 is 0. The van der Waals surface area contributed by atoms with E-state index in [1.165, 1.54) is 0 Å². The van der Waals surface area contributed by atoms with Gasteiger partial charge in [-0.3, -0.25) is 0 Å². The van der Waals surface area contributed by atoms with Crippen molar-refractivity contribution in [2.75, 3.05) is 6.61 Å². The average molecular weight is 254 g/mol. The van der Waals surface area contributed by atoms with Crippen molar-refractivity contribution in [1.29, 1.82) is 0 Å². The predicted octanol–water partition coefficient (Wildman–Crippen LogP) is 1.41. The van der Waals surface area contributed by atoms with Crippen molar-refractivity contribution >= 4 is 0 Å². The Morgan fingerprint density at radius 2 is 1.89 bits per heavy atom. The monoisotopic (exact) mass is 254 g/mol. The van der Waals surface area contributed by atoms with Gasteiger partial charge in [0, 0.05) is 12.5 Å². The number of hydrogen-bond acceptors (Lipinski definition) is 3. The van der Waals surface area contributed by atoms with Gasteiger partial charge in [0.05, 0.1) is 11.7 Å². The van der Waals surface area contributed by atoms with E-state index in [9.17, 15) is 15.3 Å². The Bertz CT molecular complexity index is 354. The molecule has 3 aliphatic carbocycles. The van der Waals surface area contributed by atoms with Crippen molar-refractivity contribution in [1.82, 2.24) is 0 Å². The van der Waals surface area contributed by atoms with E-state index in [4.69, 9.17) is 0 Å². The lowest BCUT2D eigenvalue weighted by molar-refractivity contribution is -0.0720. The molecule has 0 bridgehead atoms. The van der Waals surface area contributed by atoms with Gasteiger partial charge in [0.1, 0.15) is 0 Å². The van der Waals surface area contributed by atoms with Gasteiger partial charge < -0.3 is 15.3 Å². The third-order valence-electron chi connectivity index (χ3n) is 6.47. The fourth-order valence-electron chi connectivity index (χ4n) is 5.46. The summed E-state index contributed by atoms with van der Waals surface area (Å²) in [5.74, 6) is 1.86. The Kier molecular flexibility index (Phi) is 2.66. The highest BCUT2D eigenvalue weighted by Crippen LogP contribution is 2.71. The Morgan fingerprint density at radius 3 is 2.50 bits per heavy atom. The summed E-state index contributed by atoms with van der Waals surface area (Å²) in [4.78, 5) is 0. The highest BCUT2D eigenvalue weighted by molar-refractivity contribution is 5.17. The predicted molar refractivity (Wildman–Crippen MR) is 68.8 cm³/mol. The van der Waals surface area contributed by atoms with Crippen molar-refractivity contribution in [3.05, 3.63) is 0 Å². The first-order valence-corrected chi connectivity index (χ1v) is 7.34. The molecule has 0 radical (unpaired) electrons. The van der Waals surface area contributed by atoms with Gasteiger partial charge in [-0.2, -0.15) is 0 Å². The highest BCUT2D eigenvalue weighted by atomic mass is 16.3. The van der Waals surface area contributed by atoms with E-state index in [0.29, 0.717) is 23.7 Å². The number of hydrogen-bond donors (Lipinski definition) is 3. The molecule has 8 atom stereocenters. The van der Waals surface area contributed by atoms with Crippen molar-refractivity contribution in [3.8, 4) is 0 Å². The lowest BCUT2D eigenvalue weighted by atomic mass is 9.73. The lowest BCUT2D eigenvalue weighted by Crippen LogP contribution is -2.43. The molecule has 0 aromatic heterocycles. The molecule has 18 heavy (non-hydrogen) atoms. The lowest BCUT2D eigenvalue weighted by Gasteiger charge is -2.37. The zero-order chi connectivity index (χ0) is 13.3. The minimum Gasteiger partial charge on any atom is -0.396 e. The zero-order valence-corrected chi connectivity index (χ0v) is 11.6. The molecular weight excluding hydrogens is 228 g/mol. The van der Waals surface area contributed by atoms with E-state index in [1.807, 2.05) is 6.92 Å². The van der Waals surface area contributed by atoms with Gasteiger partial charge in [0.15, 0.2) is 0 Å². The van der Waals surface area contributed by atoms with Crippen LogP contribution in [0.4, 0.5) is 0 Å². The molecule has 3 saturated carbocycles. The Morgan fingerprint density at radius 1 is 1.22 bits per heavy atom. The van der Waals surface area contributed by atoms with Crippen LogP contribution in [0.5, 0.6) is 0 Å². The summed E-state index contributed by atoms with van der Waals surface area (Å²) in [6.07, 6.45) is 2.17. The molecule has 3 fully saturated rings. The standard InChI is InChI=1S/C15H26O3/c1-8-6-10(17)13-11(8)12-9(14(12,2)7-16)4-5-15(13,3)18/h8-13,16-18H,4-7H2,1-3H3/t8-,9-,10-,11+,12-,13+,14+,15-/m1/s1. The van der Waals surface area contributed by atoms with Crippen LogP contribution in [0.2, 0.25) is 0 Å². The second-order valence-corrected chi connectivity index (χ2v) is 7.58. The first kappa shape index (κ1) is 12.9. The van der Waals surface area contributed by atoms with E-state index >= 15 is 0 Å². The van der Waals surface area contributed by atoms with E-state index < -0.39 is 5.60 Å². The quantitative estimate of drug-likeness (QED) is 0.663. The molecule has 104 valence electrons. The number of rotatable bonds is 1. The maximum Gasteiger partial charge on any atom is 0.0675 e. The zero-order valence-electron chi connectivity index (χ0n) is 11.6. The number of aliphatic hydroxyl groups is 3. The van der Waals surface area contributed by atoms with Gasteiger partial charge in [0.25, 0.3) is 0 Å². The maximum atomic E-state index is 10.7. The molecule has 0 heterocycles. The van der Waals surface area contributed by atoms with Crippen LogP contribution in [0.3, 0.4) is 0 Å². The van der Waals surface area contributed by atoms with E-state index in [2.05, 4.69) is 13.8 Å². The molecule has 3 heteroatoms. The van der Waals surface area contributed by atoms with Crippen molar-refractivity contribution < 1.29 is 15.3 Å². The number of fused-ring (bicyclic) bond motifs is 3. The third-order valence-corrected chi connectivity index (χ3v) is 6.47. The summed E-state index contributed by atoms with van der Waals surface area (Å²) in [5.41, 5.74) is -0.698. The first-order chi connectivity index (χ1) is 8.33. The van der Waals surface area contributed by atoms with Gasteiger partial charge >= 0.3 is 0 Å². The number of aliphatic hydroxyl groups excluding tert-OH is 2. The fraction of sp³-hybridized carbons (Fsp3) is 1.00. The molecule has 0 aromatic carbocycles. The summed E-state index contributed by atoms with van der Waals surface area (Å²) >= 11 is 0. The van der Waals surface area contributed by atoms with Crippen LogP contribution in [0, 0.1) is 35.0 Å². The SMILES string of the molecule is C[C@@H]1C[C@@H](O)[C@H]2[C@@H]1[C@H]1[C@@H](CC[C@@]2(C)O)[C@]1(C)CO. The van der Waals surface area contributed by atoms with Crippen LogP contribution in [-0.4, -0.2) is 33.6 Å². The highest BCUT2D eigenvalue weighted by Gasteiger charge is 2.69. The molecule has 3 N–H and O–H groups in total. The molecule has 3 nitrogen and oxygen atoms in total. The molecule has 3 aliphatic rings. The normalized spacial score (nSPS) is 63.0. The van der Waals surface area contributed by atoms with E-state index in [1.54, 1.807) is 0 Å². The van der Waals surface area contributed by atoms with E-state index in [-0.39, 0.29) is 24.0 Å². The average Bonchev–Trinajstić information content (AvgIpc) is 2.79. The van der Waals surface area contributed by atoms with Gasteiger partial charge in [0.2, 0.25) is 0 Å². The molecule has 0 amide bonds. The van der Waals surface area contributed by atoms with Crippen LogP contribution in [0.25, 0.3) is 0 Å². The minimum absolute atomic E-state index is 0.00382.